The molecule has 1 aliphatic rings. The lowest BCUT2D eigenvalue weighted by atomic mass is 10.1. The number of carbonyl (C=O) groups excluding carboxylic acids is 1. The zero-order valence-corrected chi connectivity index (χ0v) is 8.02. The van der Waals surface area contributed by atoms with Crippen molar-refractivity contribution in [3.63, 3.8) is 0 Å². The quantitative estimate of drug-likeness (QED) is 0.645. The molecule has 0 spiro atoms. The second kappa shape index (κ2) is 3.04. The molecule has 68 valence electrons. The van der Waals surface area contributed by atoms with E-state index in [1.54, 1.807) is 6.07 Å². The molecule has 1 aromatic carbocycles. The van der Waals surface area contributed by atoms with E-state index in [2.05, 4.69) is 0 Å². The van der Waals surface area contributed by atoms with E-state index >= 15 is 0 Å². The molecule has 13 heavy (non-hydrogen) atoms. The summed E-state index contributed by atoms with van der Waals surface area (Å²) >= 11 is 5.44. The Kier molecular flexibility index (Phi) is 2.00. The van der Waals surface area contributed by atoms with Gasteiger partial charge in [-0.1, -0.05) is 6.07 Å². The summed E-state index contributed by atoms with van der Waals surface area (Å²) in [7, 11) is 0. The average molecular weight is 197 g/mol. The third kappa shape index (κ3) is 1.42. The van der Waals surface area contributed by atoms with Crippen LogP contribution in [0, 0.1) is 6.92 Å². The molecule has 0 saturated carbocycles. The van der Waals surface area contributed by atoms with Crippen molar-refractivity contribution in [1.29, 1.82) is 0 Å². The second-order valence-corrected chi connectivity index (χ2v) is 3.52. The molecule has 0 atom stereocenters. The van der Waals surface area contributed by atoms with Crippen LogP contribution in [-0.4, -0.2) is 11.8 Å². The van der Waals surface area contributed by atoms with Crippen LogP contribution in [0.2, 0.25) is 0 Å². The van der Waals surface area contributed by atoms with Crippen LogP contribution < -0.4 is 4.74 Å². The fraction of sp³-hybridized carbons (Fsp3) is 0.300. The molecule has 2 nitrogen and oxygen atoms in total. The first-order valence-corrected chi connectivity index (χ1v) is 4.52. The molecule has 0 bridgehead atoms. The molecular weight excluding hydrogens is 188 g/mol. The summed E-state index contributed by atoms with van der Waals surface area (Å²) in [6.07, 6.45) is 0.869. The van der Waals surface area contributed by atoms with Crippen LogP contribution in [0.25, 0.3) is 0 Å². The van der Waals surface area contributed by atoms with Gasteiger partial charge in [-0.15, -0.1) is 0 Å². The predicted octanol–water partition coefficient (Wildman–Crippen LogP) is 2.31. The van der Waals surface area contributed by atoms with Crippen LogP contribution in [0.15, 0.2) is 12.1 Å². The minimum Gasteiger partial charge on any atom is -0.492 e. The molecule has 1 aliphatic heterocycles. The van der Waals surface area contributed by atoms with Crippen LogP contribution in [0.4, 0.5) is 0 Å². The Morgan fingerprint density at radius 2 is 2.31 bits per heavy atom. The Bertz CT molecular complexity index is 371. The van der Waals surface area contributed by atoms with Gasteiger partial charge in [-0.05, 0) is 35.7 Å². The highest BCUT2D eigenvalue weighted by Crippen LogP contribution is 2.31. The van der Waals surface area contributed by atoms with Crippen LogP contribution >= 0.6 is 11.6 Å². The maximum atomic E-state index is 11.0. The third-order valence-corrected chi connectivity index (χ3v) is 2.34. The fourth-order valence-corrected chi connectivity index (χ4v) is 1.75. The monoisotopic (exact) mass is 196 g/mol. The summed E-state index contributed by atoms with van der Waals surface area (Å²) in [5, 5.41) is -0.443. The Hall–Kier alpha value is -1.02. The molecule has 0 N–H and O–H groups in total. The number of hydrogen-bond donors (Lipinski definition) is 0. The number of aryl methyl sites for hydroxylation is 1. The van der Waals surface area contributed by atoms with Gasteiger partial charge in [-0.25, -0.2) is 0 Å². The standard InChI is InChI=1S/C10H9ClO2/c1-6-4-7-2-3-13-9(7)8(5-6)10(11)12/h4-5H,2-3H2,1H3. The van der Waals surface area contributed by atoms with Crippen molar-refractivity contribution in [2.24, 2.45) is 0 Å². The van der Waals surface area contributed by atoms with E-state index < -0.39 is 5.24 Å². The number of benzene rings is 1. The van der Waals surface area contributed by atoms with Crippen LogP contribution in [-0.2, 0) is 6.42 Å². The van der Waals surface area contributed by atoms with Crippen molar-refractivity contribution in [3.05, 3.63) is 28.8 Å². The van der Waals surface area contributed by atoms with Crippen molar-refractivity contribution in [3.8, 4) is 5.75 Å². The highest BCUT2D eigenvalue weighted by atomic mass is 35.5. The van der Waals surface area contributed by atoms with Crippen molar-refractivity contribution >= 4 is 16.8 Å². The number of halogens is 1. The molecule has 1 heterocycles. The van der Waals surface area contributed by atoms with Gasteiger partial charge in [-0.3, -0.25) is 4.79 Å². The lowest BCUT2D eigenvalue weighted by Gasteiger charge is -2.04. The topological polar surface area (TPSA) is 26.3 Å². The largest absolute Gasteiger partial charge is 0.492 e. The molecular formula is C10H9ClO2. The van der Waals surface area contributed by atoms with E-state index in [0.717, 1.165) is 17.5 Å². The molecule has 0 amide bonds. The Labute approximate surface area is 81.5 Å². The van der Waals surface area contributed by atoms with E-state index in [0.29, 0.717) is 17.9 Å². The molecule has 0 aliphatic carbocycles. The minimum absolute atomic E-state index is 0.443. The predicted molar refractivity (Wildman–Crippen MR) is 50.6 cm³/mol. The van der Waals surface area contributed by atoms with Crippen molar-refractivity contribution in [2.75, 3.05) is 6.61 Å². The van der Waals surface area contributed by atoms with E-state index in [-0.39, 0.29) is 0 Å². The average Bonchev–Trinajstić information content (AvgIpc) is 2.49. The number of hydrogen-bond acceptors (Lipinski definition) is 2. The van der Waals surface area contributed by atoms with Gasteiger partial charge in [-0.2, -0.15) is 0 Å². The second-order valence-electron chi connectivity index (χ2n) is 3.17. The zero-order valence-electron chi connectivity index (χ0n) is 7.26. The maximum Gasteiger partial charge on any atom is 0.256 e. The number of rotatable bonds is 1. The molecule has 3 heteroatoms. The molecule has 0 fully saturated rings. The van der Waals surface area contributed by atoms with Gasteiger partial charge < -0.3 is 4.74 Å². The van der Waals surface area contributed by atoms with Gasteiger partial charge in [0.25, 0.3) is 5.24 Å². The lowest BCUT2D eigenvalue weighted by Crippen LogP contribution is -1.95. The molecule has 2 rings (SSSR count). The highest BCUT2D eigenvalue weighted by molar-refractivity contribution is 6.68. The first-order chi connectivity index (χ1) is 6.18. The number of ether oxygens (including phenoxy) is 1. The van der Waals surface area contributed by atoms with Gasteiger partial charge >= 0.3 is 0 Å². The van der Waals surface area contributed by atoms with Gasteiger partial charge in [0, 0.05) is 6.42 Å². The van der Waals surface area contributed by atoms with E-state index in [4.69, 9.17) is 16.3 Å². The van der Waals surface area contributed by atoms with Gasteiger partial charge in [0.2, 0.25) is 0 Å². The third-order valence-electron chi connectivity index (χ3n) is 2.14. The van der Waals surface area contributed by atoms with Crippen molar-refractivity contribution in [1.82, 2.24) is 0 Å². The van der Waals surface area contributed by atoms with Gasteiger partial charge in [0.15, 0.2) is 0 Å². The smallest absolute Gasteiger partial charge is 0.256 e. The highest BCUT2D eigenvalue weighted by Gasteiger charge is 2.19. The van der Waals surface area contributed by atoms with E-state index in [1.807, 2.05) is 13.0 Å². The molecule has 0 saturated heterocycles. The maximum absolute atomic E-state index is 11.0. The van der Waals surface area contributed by atoms with E-state index in [9.17, 15) is 4.79 Å². The molecule has 0 aromatic heterocycles. The lowest BCUT2D eigenvalue weighted by molar-refractivity contribution is 0.107. The van der Waals surface area contributed by atoms with Crippen LogP contribution in [0.1, 0.15) is 21.5 Å². The Morgan fingerprint density at radius 3 is 3.00 bits per heavy atom. The summed E-state index contributed by atoms with van der Waals surface area (Å²) in [5.74, 6) is 0.672. The summed E-state index contributed by atoms with van der Waals surface area (Å²) in [6, 6.07) is 3.80. The Balaban J connectivity index is 2.62. The number of fused-ring (bicyclic) bond motifs is 1. The first-order valence-electron chi connectivity index (χ1n) is 4.14. The number of carbonyl (C=O) groups is 1. The zero-order chi connectivity index (χ0) is 9.42. The normalized spacial score (nSPS) is 13.7. The van der Waals surface area contributed by atoms with Crippen molar-refractivity contribution in [2.45, 2.75) is 13.3 Å². The van der Waals surface area contributed by atoms with Crippen LogP contribution in [0.3, 0.4) is 0 Å². The van der Waals surface area contributed by atoms with Crippen molar-refractivity contribution < 1.29 is 9.53 Å². The SMILES string of the molecule is Cc1cc2c(c(C(=O)Cl)c1)OCC2. The summed E-state index contributed by atoms with van der Waals surface area (Å²) in [4.78, 5) is 11.0. The van der Waals surface area contributed by atoms with Gasteiger partial charge in [0.05, 0.1) is 12.2 Å². The fourth-order valence-electron chi connectivity index (χ4n) is 1.61. The summed E-state index contributed by atoms with van der Waals surface area (Å²) in [5.41, 5.74) is 2.63. The summed E-state index contributed by atoms with van der Waals surface area (Å²) < 4.78 is 5.34. The minimum atomic E-state index is -0.443. The molecule has 1 aromatic rings. The van der Waals surface area contributed by atoms with Crippen LogP contribution in [0.5, 0.6) is 5.75 Å². The Morgan fingerprint density at radius 1 is 1.54 bits per heavy atom. The van der Waals surface area contributed by atoms with Gasteiger partial charge in [0.1, 0.15) is 5.75 Å². The molecule has 0 radical (unpaired) electrons. The first kappa shape index (κ1) is 8.57. The molecule has 0 unspecified atom stereocenters. The van der Waals surface area contributed by atoms with E-state index in [1.165, 1.54) is 0 Å². The summed E-state index contributed by atoms with van der Waals surface area (Å²) in [6.45, 7) is 2.60.